The minimum atomic E-state index is -0.273. The number of carbonyl (C=O) groups is 1. The minimum Gasteiger partial charge on any atom is -0.369 e. The molecule has 0 aliphatic carbocycles. The van der Waals surface area contributed by atoms with E-state index in [-0.39, 0.29) is 24.2 Å². The third-order valence-corrected chi connectivity index (χ3v) is 4.07. The summed E-state index contributed by atoms with van der Waals surface area (Å²) in [6.07, 6.45) is -0.0721. The summed E-state index contributed by atoms with van der Waals surface area (Å²) in [5.41, 5.74) is 1.56. The summed E-state index contributed by atoms with van der Waals surface area (Å²) in [6, 6.07) is 9.80. The van der Waals surface area contributed by atoms with Crippen LogP contribution in [0.2, 0.25) is 0 Å². The van der Waals surface area contributed by atoms with Gasteiger partial charge in [-0.2, -0.15) is 5.26 Å². The molecule has 136 valence electrons. The highest BCUT2D eigenvalue weighted by Gasteiger charge is 2.33. The molecule has 0 N–H and O–H groups in total. The van der Waals surface area contributed by atoms with E-state index in [0.717, 1.165) is 19.6 Å². The van der Waals surface area contributed by atoms with E-state index < -0.39 is 0 Å². The zero-order chi connectivity index (χ0) is 18.4. The first kappa shape index (κ1) is 19.4. The molecule has 1 atom stereocenters. The van der Waals surface area contributed by atoms with Crippen molar-refractivity contribution < 1.29 is 14.3 Å². The van der Waals surface area contributed by atoms with Crippen LogP contribution in [0.15, 0.2) is 24.3 Å². The van der Waals surface area contributed by atoms with Gasteiger partial charge < -0.3 is 14.4 Å². The molecule has 1 heterocycles. The fourth-order valence-electron chi connectivity index (χ4n) is 2.97. The average Bonchev–Trinajstić information content (AvgIpc) is 2.54. The zero-order valence-corrected chi connectivity index (χ0v) is 15.5. The largest absolute Gasteiger partial charge is 0.369 e. The topological polar surface area (TPSA) is 65.8 Å². The van der Waals surface area contributed by atoms with Crippen LogP contribution in [-0.4, -0.2) is 67.8 Å². The summed E-state index contributed by atoms with van der Waals surface area (Å²) < 4.78 is 11.6. The van der Waals surface area contributed by atoms with Gasteiger partial charge in [-0.1, -0.05) is 12.1 Å². The molecule has 0 unspecified atom stereocenters. The molecule has 1 fully saturated rings. The Labute approximate surface area is 149 Å². The maximum atomic E-state index is 11.6. The summed E-state index contributed by atoms with van der Waals surface area (Å²) >= 11 is 0. The number of carbonyl (C=O) groups excluding carboxylic acids is 1. The lowest BCUT2D eigenvalue weighted by molar-refractivity contribution is -0.161. The summed E-state index contributed by atoms with van der Waals surface area (Å²) in [5.74, 6) is -0.0514. The second-order valence-electron chi connectivity index (χ2n) is 7.28. The van der Waals surface area contributed by atoms with Gasteiger partial charge in [0.1, 0.15) is 6.61 Å². The molecule has 1 aromatic rings. The Balaban J connectivity index is 1.90. The first-order chi connectivity index (χ1) is 11.8. The third-order valence-electron chi connectivity index (χ3n) is 4.07. The van der Waals surface area contributed by atoms with Crippen LogP contribution in [0, 0.1) is 11.3 Å². The molecular formula is C19H27N3O3. The molecule has 0 radical (unpaired) electrons. The molecule has 1 amide bonds. The van der Waals surface area contributed by atoms with Crippen molar-refractivity contribution in [1.29, 1.82) is 5.26 Å². The number of hydrogen-bond acceptors (Lipinski definition) is 5. The van der Waals surface area contributed by atoms with Crippen LogP contribution in [-0.2, 0) is 20.8 Å². The Morgan fingerprint density at radius 3 is 2.68 bits per heavy atom. The smallest absolute Gasteiger partial charge is 0.248 e. The van der Waals surface area contributed by atoms with Crippen molar-refractivity contribution in [3.63, 3.8) is 0 Å². The number of hydrogen-bond donors (Lipinski definition) is 0. The normalized spacial score (nSPS) is 20.0. The van der Waals surface area contributed by atoms with Crippen molar-refractivity contribution in [2.45, 2.75) is 32.1 Å². The molecule has 1 aliphatic heterocycles. The van der Waals surface area contributed by atoms with Crippen LogP contribution in [0.1, 0.15) is 25.0 Å². The molecule has 0 bridgehead atoms. The highest BCUT2D eigenvalue weighted by atomic mass is 16.5. The van der Waals surface area contributed by atoms with Gasteiger partial charge in [0.25, 0.3) is 0 Å². The monoisotopic (exact) mass is 345 g/mol. The Kier molecular flexibility index (Phi) is 6.54. The molecule has 1 aliphatic rings. The van der Waals surface area contributed by atoms with Crippen molar-refractivity contribution in [3.05, 3.63) is 35.4 Å². The predicted molar refractivity (Wildman–Crippen MR) is 94.9 cm³/mol. The Morgan fingerprint density at radius 1 is 1.40 bits per heavy atom. The van der Waals surface area contributed by atoms with E-state index in [2.05, 4.69) is 24.8 Å². The maximum Gasteiger partial charge on any atom is 0.248 e. The standard InChI is InChI=1S/C19H27N3O3/c1-19(2)14-22(10-16-7-5-15(9-20)6-8-16)11-17(25-19)12-24-13-18(23)21(3)4/h5-8,17H,10-14H2,1-4H3/t17-/m1/s1. The van der Waals surface area contributed by atoms with Crippen molar-refractivity contribution in [2.24, 2.45) is 0 Å². The zero-order valence-electron chi connectivity index (χ0n) is 15.5. The van der Waals surface area contributed by atoms with Gasteiger partial charge in [-0.05, 0) is 31.5 Å². The molecule has 0 aromatic heterocycles. The van der Waals surface area contributed by atoms with Crippen molar-refractivity contribution >= 4 is 5.91 Å². The number of benzene rings is 1. The number of nitrogens with zero attached hydrogens (tertiary/aromatic N) is 3. The molecule has 2 rings (SSSR count). The molecule has 25 heavy (non-hydrogen) atoms. The second kappa shape index (κ2) is 8.43. The van der Waals surface area contributed by atoms with Gasteiger partial charge in [0.15, 0.2) is 0 Å². The van der Waals surface area contributed by atoms with Gasteiger partial charge in [-0.15, -0.1) is 0 Å². The van der Waals surface area contributed by atoms with Crippen molar-refractivity contribution in [2.75, 3.05) is 40.4 Å². The summed E-state index contributed by atoms with van der Waals surface area (Å²) in [6.45, 7) is 6.97. The van der Waals surface area contributed by atoms with E-state index in [1.807, 2.05) is 24.3 Å². The summed E-state index contributed by atoms with van der Waals surface area (Å²) in [7, 11) is 3.43. The number of amides is 1. The van der Waals surface area contributed by atoms with Gasteiger partial charge >= 0.3 is 0 Å². The van der Waals surface area contributed by atoms with E-state index in [1.165, 1.54) is 10.5 Å². The van der Waals surface area contributed by atoms with Crippen LogP contribution in [0.5, 0.6) is 0 Å². The lowest BCUT2D eigenvalue weighted by atomic mass is 10.0. The maximum absolute atomic E-state index is 11.6. The van der Waals surface area contributed by atoms with Gasteiger partial charge in [0, 0.05) is 33.7 Å². The molecular weight excluding hydrogens is 318 g/mol. The van der Waals surface area contributed by atoms with E-state index in [0.29, 0.717) is 12.2 Å². The highest BCUT2D eigenvalue weighted by molar-refractivity contribution is 5.76. The predicted octanol–water partition coefficient (Wildman–Crippen LogP) is 1.64. The number of ether oxygens (including phenoxy) is 2. The molecule has 1 aromatic carbocycles. The summed E-state index contributed by atoms with van der Waals surface area (Å²) in [4.78, 5) is 15.4. The minimum absolute atomic E-state index is 0.0514. The Bertz CT molecular complexity index is 620. The molecule has 0 saturated carbocycles. The molecule has 0 spiro atoms. The number of morpholine rings is 1. The van der Waals surface area contributed by atoms with Gasteiger partial charge in [-0.25, -0.2) is 0 Å². The van der Waals surface area contributed by atoms with Gasteiger partial charge in [0.2, 0.25) is 5.91 Å². The van der Waals surface area contributed by atoms with Crippen LogP contribution in [0.4, 0.5) is 0 Å². The van der Waals surface area contributed by atoms with Crippen molar-refractivity contribution in [3.8, 4) is 6.07 Å². The quantitative estimate of drug-likeness (QED) is 0.784. The van der Waals surface area contributed by atoms with E-state index in [9.17, 15) is 4.79 Å². The van der Waals surface area contributed by atoms with Crippen LogP contribution < -0.4 is 0 Å². The van der Waals surface area contributed by atoms with Crippen molar-refractivity contribution in [1.82, 2.24) is 9.80 Å². The lowest BCUT2D eigenvalue weighted by Gasteiger charge is -2.42. The van der Waals surface area contributed by atoms with Gasteiger partial charge in [0.05, 0.1) is 29.9 Å². The lowest BCUT2D eigenvalue weighted by Crippen LogP contribution is -2.53. The first-order valence-electron chi connectivity index (χ1n) is 8.46. The Morgan fingerprint density at radius 2 is 2.08 bits per heavy atom. The van der Waals surface area contributed by atoms with Crippen LogP contribution >= 0.6 is 0 Å². The third kappa shape index (κ3) is 6.13. The van der Waals surface area contributed by atoms with Gasteiger partial charge in [-0.3, -0.25) is 9.69 Å². The number of rotatable bonds is 6. The number of nitriles is 1. The van der Waals surface area contributed by atoms with E-state index in [4.69, 9.17) is 14.7 Å². The average molecular weight is 345 g/mol. The molecule has 6 heteroatoms. The molecule has 6 nitrogen and oxygen atoms in total. The fraction of sp³-hybridized carbons (Fsp3) is 0.579. The van der Waals surface area contributed by atoms with Crippen LogP contribution in [0.25, 0.3) is 0 Å². The second-order valence-corrected chi connectivity index (χ2v) is 7.28. The SMILES string of the molecule is CN(C)C(=O)COC[C@H]1CN(Cc2ccc(C#N)cc2)CC(C)(C)O1. The number of likely N-dealkylation sites (N-methyl/N-ethyl adjacent to an activating group) is 1. The Hall–Kier alpha value is -1.94. The van der Waals surface area contributed by atoms with E-state index >= 15 is 0 Å². The summed E-state index contributed by atoms with van der Waals surface area (Å²) in [5, 5.41) is 8.89. The van der Waals surface area contributed by atoms with E-state index in [1.54, 1.807) is 14.1 Å². The first-order valence-corrected chi connectivity index (χ1v) is 8.46. The van der Waals surface area contributed by atoms with Crippen LogP contribution in [0.3, 0.4) is 0 Å². The fourth-order valence-corrected chi connectivity index (χ4v) is 2.97. The highest BCUT2D eigenvalue weighted by Crippen LogP contribution is 2.23. The molecule has 1 saturated heterocycles.